The number of rotatable bonds is 4. The van der Waals surface area contributed by atoms with Crippen molar-refractivity contribution in [3.8, 4) is 22.1 Å². The predicted octanol–water partition coefficient (Wildman–Crippen LogP) is 4.29. The average molecular weight is 408 g/mol. The molecule has 0 unspecified atom stereocenters. The molecule has 0 aliphatic carbocycles. The normalized spacial score (nSPS) is 17.2. The first-order chi connectivity index (χ1) is 14.4. The summed E-state index contributed by atoms with van der Waals surface area (Å²) in [5, 5.41) is 3.30. The number of hydrogen-bond donors (Lipinski definition) is 0. The SMILES string of the molecule is c1ccc(-c2nc(CN3CCCN(c4cccc5c4OCCO5)CC3)cs2)cc1. The van der Waals surface area contributed by atoms with E-state index in [2.05, 4.69) is 51.6 Å². The fourth-order valence-corrected chi connectivity index (χ4v) is 4.82. The maximum atomic E-state index is 5.93. The van der Waals surface area contributed by atoms with Gasteiger partial charge in [-0.1, -0.05) is 36.4 Å². The quantitative estimate of drug-likeness (QED) is 0.645. The lowest BCUT2D eigenvalue weighted by Crippen LogP contribution is -2.31. The largest absolute Gasteiger partial charge is 0.486 e. The van der Waals surface area contributed by atoms with Gasteiger partial charge in [-0.25, -0.2) is 4.98 Å². The minimum Gasteiger partial charge on any atom is -0.486 e. The summed E-state index contributed by atoms with van der Waals surface area (Å²) in [6.45, 7) is 6.27. The number of anilines is 1. The second-order valence-electron chi connectivity index (χ2n) is 7.43. The minimum absolute atomic E-state index is 0.623. The first-order valence-corrected chi connectivity index (χ1v) is 11.1. The number of fused-ring (bicyclic) bond motifs is 1. The van der Waals surface area contributed by atoms with Gasteiger partial charge in [0.1, 0.15) is 18.2 Å². The van der Waals surface area contributed by atoms with Gasteiger partial charge in [0.05, 0.1) is 11.4 Å². The summed E-state index contributed by atoms with van der Waals surface area (Å²) >= 11 is 1.73. The summed E-state index contributed by atoms with van der Waals surface area (Å²) in [5.74, 6) is 1.77. The van der Waals surface area contributed by atoms with Crippen LogP contribution in [0, 0.1) is 0 Å². The number of hydrogen-bond acceptors (Lipinski definition) is 6. The van der Waals surface area contributed by atoms with Gasteiger partial charge in [-0.3, -0.25) is 4.90 Å². The Morgan fingerprint density at radius 3 is 2.72 bits per heavy atom. The fraction of sp³-hybridized carbons (Fsp3) is 0.348. The third-order valence-electron chi connectivity index (χ3n) is 5.43. The number of benzene rings is 2. The molecular formula is C23H25N3O2S. The summed E-state index contributed by atoms with van der Waals surface area (Å²) in [7, 11) is 0. The predicted molar refractivity (Wildman–Crippen MR) is 117 cm³/mol. The van der Waals surface area contributed by atoms with Crippen molar-refractivity contribution in [1.29, 1.82) is 0 Å². The fourth-order valence-electron chi connectivity index (χ4n) is 4.00. The Bertz CT molecular complexity index is 960. The maximum Gasteiger partial charge on any atom is 0.184 e. The molecule has 6 heteroatoms. The average Bonchev–Trinajstić information content (AvgIpc) is 3.12. The molecule has 0 saturated carbocycles. The Kier molecular flexibility index (Phi) is 5.37. The van der Waals surface area contributed by atoms with E-state index in [1.165, 1.54) is 5.56 Å². The van der Waals surface area contributed by atoms with Crippen molar-refractivity contribution in [2.75, 3.05) is 44.3 Å². The van der Waals surface area contributed by atoms with E-state index in [9.17, 15) is 0 Å². The molecule has 2 aliphatic heterocycles. The number of aromatic nitrogens is 1. The van der Waals surface area contributed by atoms with E-state index in [1.807, 2.05) is 12.1 Å². The zero-order valence-electron chi connectivity index (χ0n) is 16.4. The van der Waals surface area contributed by atoms with Crippen molar-refractivity contribution in [3.63, 3.8) is 0 Å². The van der Waals surface area contributed by atoms with Crippen LogP contribution in [0.1, 0.15) is 12.1 Å². The smallest absolute Gasteiger partial charge is 0.184 e. The van der Waals surface area contributed by atoms with Gasteiger partial charge in [-0.15, -0.1) is 11.3 Å². The van der Waals surface area contributed by atoms with Gasteiger partial charge in [-0.2, -0.15) is 0 Å². The van der Waals surface area contributed by atoms with Crippen LogP contribution in [0.3, 0.4) is 0 Å². The Hall–Kier alpha value is -2.57. The Morgan fingerprint density at radius 1 is 0.897 bits per heavy atom. The highest BCUT2D eigenvalue weighted by Gasteiger charge is 2.22. The first-order valence-electron chi connectivity index (χ1n) is 10.2. The molecule has 3 heterocycles. The highest BCUT2D eigenvalue weighted by molar-refractivity contribution is 7.13. The van der Waals surface area contributed by atoms with Crippen LogP contribution in [0.4, 0.5) is 5.69 Å². The molecule has 0 spiro atoms. The highest BCUT2D eigenvalue weighted by Crippen LogP contribution is 2.39. The number of ether oxygens (including phenoxy) is 2. The lowest BCUT2D eigenvalue weighted by molar-refractivity contribution is 0.172. The van der Waals surface area contributed by atoms with Gasteiger partial charge in [0.25, 0.3) is 0 Å². The van der Waals surface area contributed by atoms with Crippen LogP contribution in [-0.2, 0) is 6.54 Å². The van der Waals surface area contributed by atoms with Crippen molar-refractivity contribution in [3.05, 3.63) is 59.6 Å². The van der Waals surface area contributed by atoms with Crippen molar-refractivity contribution < 1.29 is 9.47 Å². The lowest BCUT2D eigenvalue weighted by atomic mass is 10.2. The number of para-hydroxylation sites is 1. The van der Waals surface area contributed by atoms with Gasteiger partial charge in [0.15, 0.2) is 11.5 Å². The molecule has 29 heavy (non-hydrogen) atoms. The summed E-state index contributed by atoms with van der Waals surface area (Å²) < 4.78 is 11.7. The Morgan fingerprint density at radius 2 is 1.79 bits per heavy atom. The number of nitrogens with zero attached hydrogens (tertiary/aromatic N) is 3. The van der Waals surface area contributed by atoms with Gasteiger partial charge < -0.3 is 14.4 Å². The molecule has 1 saturated heterocycles. The first kappa shape index (κ1) is 18.5. The van der Waals surface area contributed by atoms with Crippen molar-refractivity contribution in [2.24, 2.45) is 0 Å². The minimum atomic E-state index is 0.623. The lowest BCUT2D eigenvalue weighted by Gasteiger charge is -2.28. The van der Waals surface area contributed by atoms with Crippen LogP contribution in [-0.4, -0.2) is 49.3 Å². The molecule has 0 radical (unpaired) electrons. The monoisotopic (exact) mass is 407 g/mol. The van der Waals surface area contributed by atoms with Crippen LogP contribution in [0.5, 0.6) is 11.5 Å². The molecule has 5 nitrogen and oxygen atoms in total. The van der Waals surface area contributed by atoms with Gasteiger partial charge in [0, 0.05) is 43.7 Å². The Labute approximate surface area is 175 Å². The van der Waals surface area contributed by atoms with Crippen molar-refractivity contribution >= 4 is 17.0 Å². The van der Waals surface area contributed by atoms with Gasteiger partial charge >= 0.3 is 0 Å². The summed E-state index contributed by atoms with van der Waals surface area (Å²) in [5.41, 5.74) is 3.52. The van der Waals surface area contributed by atoms with Crippen LogP contribution < -0.4 is 14.4 Å². The van der Waals surface area contributed by atoms with Crippen molar-refractivity contribution in [2.45, 2.75) is 13.0 Å². The standard InChI is InChI=1S/C23H25N3O2S/c1-2-6-18(7-3-1)23-24-19(17-29-23)16-25-10-5-11-26(13-12-25)20-8-4-9-21-22(20)28-15-14-27-21/h1-4,6-9,17H,5,10-16H2. The third kappa shape index (κ3) is 4.09. The highest BCUT2D eigenvalue weighted by atomic mass is 32.1. The molecule has 3 aromatic rings. The summed E-state index contributed by atoms with van der Waals surface area (Å²) in [6.07, 6.45) is 1.13. The molecule has 0 bridgehead atoms. The third-order valence-corrected chi connectivity index (χ3v) is 6.37. The molecule has 0 amide bonds. The van der Waals surface area contributed by atoms with E-state index in [1.54, 1.807) is 11.3 Å². The molecule has 150 valence electrons. The second kappa shape index (κ2) is 8.43. The van der Waals surface area contributed by atoms with Crippen LogP contribution in [0.15, 0.2) is 53.9 Å². The zero-order chi connectivity index (χ0) is 19.5. The van der Waals surface area contributed by atoms with E-state index in [-0.39, 0.29) is 0 Å². The van der Waals surface area contributed by atoms with Crippen LogP contribution >= 0.6 is 11.3 Å². The van der Waals surface area contributed by atoms with E-state index in [0.29, 0.717) is 13.2 Å². The van der Waals surface area contributed by atoms with E-state index >= 15 is 0 Å². The molecule has 0 N–H and O–H groups in total. The zero-order valence-corrected chi connectivity index (χ0v) is 17.2. The van der Waals surface area contributed by atoms with E-state index in [4.69, 9.17) is 14.5 Å². The second-order valence-corrected chi connectivity index (χ2v) is 8.29. The van der Waals surface area contributed by atoms with Gasteiger partial charge in [-0.05, 0) is 18.6 Å². The van der Waals surface area contributed by atoms with Gasteiger partial charge in [0.2, 0.25) is 0 Å². The molecule has 1 fully saturated rings. The number of thiazole rings is 1. The molecule has 5 rings (SSSR count). The molecule has 2 aliphatic rings. The Balaban J connectivity index is 1.25. The molecular weight excluding hydrogens is 382 g/mol. The molecule has 2 aromatic carbocycles. The summed E-state index contributed by atoms with van der Waals surface area (Å²) in [4.78, 5) is 9.81. The maximum absolute atomic E-state index is 5.93. The van der Waals surface area contributed by atoms with E-state index in [0.717, 1.165) is 67.0 Å². The van der Waals surface area contributed by atoms with Crippen molar-refractivity contribution in [1.82, 2.24) is 9.88 Å². The molecule has 0 atom stereocenters. The van der Waals surface area contributed by atoms with E-state index < -0.39 is 0 Å². The van der Waals surface area contributed by atoms with Crippen LogP contribution in [0.2, 0.25) is 0 Å². The van der Waals surface area contributed by atoms with Crippen LogP contribution in [0.25, 0.3) is 10.6 Å². The topological polar surface area (TPSA) is 37.8 Å². The summed E-state index contributed by atoms with van der Waals surface area (Å²) in [6, 6.07) is 16.6. The molecule has 1 aromatic heterocycles.